The Bertz CT molecular complexity index is 1400. The summed E-state index contributed by atoms with van der Waals surface area (Å²) < 4.78 is 29.4. The van der Waals surface area contributed by atoms with E-state index in [0.717, 1.165) is 36.3 Å². The molecule has 10 nitrogen and oxygen atoms in total. The zero-order valence-corrected chi connectivity index (χ0v) is 23.9. The molecule has 2 aliphatic heterocycles. The van der Waals surface area contributed by atoms with Crippen LogP contribution in [0.4, 0.5) is 15.3 Å². The SMILES string of the molecule is CN1CCOc2cc(-c3ccc(OCF)cc3-c3csc(N(C)C(=O)C(CC(=O)O)CC4CCOCC4)n3)cnc21. The molecule has 1 atom stereocenters. The van der Waals surface area contributed by atoms with E-state index in [1.54, 1.807) is 25.4 Å². The quantitative estimate of drug-likeness (QED) is 0.356. The largest absolute Gasteiger partial charge is 0.488 e. The van der Waals surface area contributed by atoms with Gasteiger partial charge in [0.1, 0.15) is 12.4 Å². The van der Waals surface area contributed by atoms with Crippen molar-refractivity contribution in [1.82, 2.24) is 9.97 Å². The fourth-order valence-electron chi connectivity index (χ4n) is 5.29. The molecule has 1 N–H and O–H groups in total. The smallest absolute Gasteiger partial charge is 0.304 e. The van der Waals surface area contributed by atoms with E-state index < -0.39 is 18.7 Å². The van der Waals surface area contributed by atoms with Crippen LogP contribution in [0.15, 0.2) is 35.8 Å². The lowest BCUT2D eigenvalue weighted by Gasteiger charge is -2.27. The minimum atomic E-state index is -1.01. The molecular formula is C29H33FN4O6S. The van der Waals surface area contributed by atoms with Crippen molar-refractivity contribution in [1.29, 1.82) is 0 Å². The summed E-state index contributed by atoms with van der Waals surface area (Å²) in [6.45, 7) is 1.58. The molecule has 2 aliphatic rings. The number of carbonyl (C=O) groups excluding carboxylic acids is 1. The van der Waals surface area contributed by atoms with E-state index in [2.05, 4.69) is 4.98 Å². The van der Waals surface area contributed by atoms with E-state index in [-0.39, 0.29) is 18.2 Å². The minimum Gasteiger partial charge on any atom is -0.488 e. The number of pyridine rings is 1. The maximum Gasteiger partial charge on any atom is 0.304 e. The van der Waals surface area contributed by atoms with Crippen molar-refractivity contribution >= 4 is 34.2 Å². The molecule has 0 radical (unpaired) electrons. The number of carboxylic acids is 1. The maximum atomic E-state index is 13.5. The number of ether oxygens (including phenoxy) is 3. The topological polar surface area (TPSA) is 114 Å². The number of aromatic nitrogens is 2. The van der Waals surface area contributed by atoms with Gasteiger partial charge in [-0.1, -0.05) is 0 Å². The second kappa shape index (κ2) is 12.8. The number of hydrogen-bond donors (Lipinski definition) is 1. The molecule has 1 fully saturated rings. The molecule has 0 saturated carbocycles. The van der Waals surface area contributed by atoms with Crippen LogP contribution in [0.3, 0.4) is 0 Å². The van der Waals surface area contributed by atoms with Crippen LogP contribution >= 0.6 is 11.3 Å². The molecule has 5 rings (SSSR count). The predicted molar refractivity (Wildman–Crippen MR) is 153 cm³/mol. The lowest BCUT2D eigenvalue weighted by Crippen LogP contribution is -2.35. The van der Waals surface area contributed by atoms with E-state index in [4.69, 9.17) is 19.2 Å². The summed E-state index contributed by atoms with van der Waals surface area (Å²) >= 11 is 1.27. The first kappa shape index (κ1) is 28.7. The fraction of sp³-hybridized carbons (Fsp3) is 0.448. The Morgan fingerprint density at radius 3 is 2.80 bits per heavy atom. The van der Waals surface area contributed by atoms with Crippen molar-refractivity contribution in [2.24, 2.45) is 11.8 Å². The van der Waals surface area contributed by atoms with Gasteiger partial charge in [-0.15, -0.1) is 11.3 Å². The Hall–Kier alpha value is -3.77. The third kappa shape index (κ3) is 6.59. The van der Waals surface area contributed by atoms with E-state index in [9.17, 15) is 19.1 Å². The number of thiazole rings is 1. The molecule has 12 heteroatoms. The Kier molecular flexibility index (Phi) is 8.99. The van der Waals surface area contributed by atoms with Gasteiger partial charge in [-0.25, -0.2) is 14.4 Å². The van der Waals surface area contributed by atoms with Gasteiger partial charge in [0.2, 0.25) is 12.8 Å². The highest BCUT2D eigenvalue weighted by molar-refractivity contribution is 7.14. The first-order chi connectivity index (χ1) is 19.8. The van der Waals surface area contributed by atoms with Crippen molar-refractivity contribution < 1.29 is 33.3 Å². The summed E-state index contributed by atoms with van der Waals surface area (Å²) in [5.74, 6) is 0.0550. The lowest BCUT2D eigenvalue weighted by molar-refractivity contribution is -0.141. The highest BCUT2D eigenvalue weighted by atomic mass is 32.1. The van der Waals surface area contributed by atoms with Crippen LogP contribution in [-0.4, -0.2) is 74.3 Å². The first-order valence-corrected chi connectivity index (χ1v) is 14.4. The number of aliphatic carboxylic acids is 1. The number of carboxylic acid groups (broad SMARTS) is 1. The van der Waals surface area contributed by atoms with Gasteiger partial charge in [-0.2, -0.15) is 0 Å². The molecule has 218 valence electrons. The van der Waals surface area contributed by atoms with Crippen molar-refractivity contribution in [3.63, 3.8) is 0 Å². The van der Waals surface area contributed by atoms with Crippen molar-refractivity contribution in [3.05, 3.63) is 35.8 Å². The summed E-state index contributed by atoms with van der Waals surface area (Å²) in [6, 6.07) is 7.13. The van der Waals surface area contributed by atoms with E-state index in [0.29, 0.717) is 54.1 Å². The zero-order chi connectivity index (χ0) is 28.9. The lowest BCUT2D eigenvalue weighted by atomic mass is 9.86. The summed E-state index contributed by atoms with van der Waals surface area (Å²) in [7, 11) is 3.58. The van der Waals surface area contributed by atoms with Gasteiger partial charge in [0, 0.05) is 55.9 Å². The average Bonchev–Trinajstić information content (AvgIpc) is 3.47. The zero-order valence-electron chi connectivity index (χ0n) is 23.0. The number of amides is 1. The molecule has 1 unspecified atom stereocenters. The third-order valence-corrected chi connectivity index (χ3v) is 8.43. The molecule has 41 heavy (non-hydrogen) atoms. The van der Waals surface area contributed by atoms with Gasteiger partial charge in [0.15, 0.2) is 16.7 Å². The molecular weight excluding hydrogens is 551 g/mol. The highest BCUT2D eigenvalue weighted by Crippen LogP contribution is 2.40. The Balaban J connectivity index is 1.44. The number of rotatable bonds is 10. The molecule has 3 aromatic rings. The van der Waals surface area contributed by atoms with Crippen LogP contribution in [0.1, 0.15) is 25.7 Å². The van der Waals surface area contributed by atoms with Crippen molar-refractivity contribution in [2.75, 3.05) is 57.1 Å². The van der Waals surface area contributed by atoms with E-state index in [1.807, 2.05) is 29.5 Å². The maximum absolute atomic E-state index is 13.5. The Morgan fingerprint density at radius 1 is 1.24 bits per heavy atom. The van der Waals surface area contributed by atoms with Crippen LogP contribution in [0.5, 0.6) is 11.5 Å². The van der Waals surface area contributed by atoms with Gasteiger partial charge in [0.25, 0.3) is 0 Å². The monoisotopic (exact) mass is 584 g/mol. The van der Waals surface area contributed by atoms with E-state index >= 15 is 0 Å². The average molecular weight is 585 g/mol. The van der Waals surface area contributed by atoms with Gasteiger partial charge in [-0.05, 0) is 55.0 Å². The number of anilines is 2. The molecule has 1 amide bonds. The van der Waals surface area contributed by atoms with Crippen molar-refractivity contribution in [3.8, 4) is 33.9 Å². The van der Waals surface area contributed by atoms with Crippen molar-refractivity contribution in [2.45, 2.75) is 25.7 Å². The van der Waals surface area contributed by atoms with Crippen LogP contribution < -0.4 is 19.3 Å². The minimum absolute atomic E-state index is 0.242. The molecule has 4 heterocycles. The van der Waals surface area contributed by atoms with Gasteiger partial charge in [0.05, 0.1) is 18.7 Å². The molecule has 2 aromatic heterocycles. The molecule has 1 aromatic carbocycles. The van der Waals surface area contributed by atoms with Crippen LogP contribution in [0, 0.1) is 11.8 Å². The van der Waals surface area contributed by atoms with Gasteiger partial charge in [-0.3, -0.25) is 14.5 Å². The number of carbonyl (C=O) groups is 2. The number of nitrogens with zero attached hydrogens (tertiary/aromatic N) is 4. The van der Waals surface area contributed by atoms with Gasteiger partial charge < -0.3 is 24.2 Å². The number of fused-ring (bicyclic) bond motifs is 1. The van der Waals surface area contributed by atoms with E-state index in [1.165, 1.54) is 16.2 Å². The second-order valence-electron chi connectivity index (χ2n) is 10.3. The molecule has 0 aliphatic carbocycles. The van der Waals surface area contributed by atoms with Crippen LogP contribution in [-0.2, 0) is 14.3 Å². The third-order valence-electron chi connectivity index (χ3n) is 7.52. The predicted octanol–water partition coefficient (Wildman–Crippen LogP) is 4.88. The fourth-order valence-corrected chi connectivity index (χ4v) is 6.09. The Labute approximate surface area is 241 Å². The summed E-state index contributed by atoms with van der Waals surface area (Å²) in [5.41, 5.74) is 2.82. The number of benzene rings is 1. The van der Waals surface area contributed by atoms with Crippen LogP contribution in [0.25, 0.3) is 22.4 Å². The number of hydrogen-bond acceptors (Lipinski definition) is 9. The second-order valence-corrected chi connectivity index (χ2v) is 11.1. The van der Waals surface area contributed by atoms with Crippen LogP contribution in [0.2, 0.25) is 0 Å². The Morgan fingerprint density at radius 2 is 2.05 bits per heavy atom. The summed E-state index contributed by atoms with van der Waals surface area (Å²) in [6.07, 6.45) is 3.63. The number of alkyl halides is 1. The normalized spacial score (nSPS) is 16.0. The van der Waals surface area contributed by atoms with Gasteiger partial charge >= 0.3 is 5.97 Å². The standard InChI is InChI=1S/C29H33FN4O6S/c1-33-7-10-39-25-12-20(15-31-27(25)33)22-4-3-21(40-17-30)14-23(22)24-16-41-29(32-24)34(2)28(37)19(13-26(35)36)11-18-5-8-38-9-6-18/h3-4,12,14-16,18-19H,5-11,13,17H2,1-2H3,(H,35,36). The first-order valence-electron chi connectivity index (χ1n) is 13.5. The molecule has 0 spiro atoms. The number of halogens is 1. The molecule has 1 saturated heterocycles. The summed E-state index contributed by atoms with van der Waals surface area (Å²) in [5, 5.41) is 11.8. The summed E-state index contributed by atoms with van der Waals surface area (Å²) in [4.78, 5) is 37.9. The number of likely N-dealkylation sites (N-methyl/N-ethyl adjacent to an activating group) is 1. The molecule has 0 bridgehead atoms. The highest BCUT2D eigenvalue weighted by Gasteiger charge is 2.30.